The summed E-state index contributed by atoms with van der Waals surface area (Å²) in [6.45, 7) is 0. The van der Waals surface area contributed by atoms with Crippen molar-refractivity contribution in [2.45, 2.75) is 24.6 Å². The summed E-state index contributed by atoms with van der Waals surface area (Å²) >= 11 is 0. The van der Waals surface area contributed by atoms with Crippen molar-refractivity contribution in [3.8, 4) is 0 Å². The number of esters is 2. The molecule has 0 aliphatic carbocycles. The van der Waals surface area contributed by atoms with Crippen LogP contribution < -0.4 is 10.6 Å². The van der Waals surface area contributed by atoms with Gasteiger partial charge >= 0.3 is 11.9 Å². The minimum Gasteiger partial charge on any atom is -0.469 e. The molecule has 2 aromatic rings. The third-order valence-corrected chi connectivity index (χ3v) is 4.47. The molecule has 0 saturated carbocycles. The van der Waals surface area contributed by atoms with Crippen LogP contribution in [0.4, 0.5) is 0 Å². The molecule has 2 aromatic carbocycles. The summed E-state index contributed by atoms with van der Waals surface area (Å²) in [6, 6.07) is 14.2. The molecule has 0 aromatic heterocycles. The SMILES string of the molecule is COC(=O)C[C@@H](NC(=O)[C@H](O)[C@@H](NC(=O)c1ccccc1)c1ccccc1)C(=O)OC. The highest BCUT2D eigenvalue weighted by molar-refractivity contribution is 5.95. The zero-order valence-electron chi connectivity index (χ0n) is 17.1. The van der Waals surface area contributed by atoms with E-state index in [0.717, 1.165) is 14.2 Å². The summed E-state index contributed by atoms with van der Waals surface area (Å²) in [5.74, 6) is -3.10. The van der Waals surface area contributed by atoms with Crippen LogP contribution in [-0.2, 0) is 23.9 Å². The second-order valence-corrected chi connectivity index (χ2v) is 6.54. The summed E-state index contributed by atoms with van der Waals surface area (Å²) in [7, 11) is 2.24. The maximum Gasteiger partial charge on any atom is 0.328 e. The molecule has 31 heavy (non-hydrogen) atoms. The number of carbonyl (C=O) groups is 4. The van der Waals surface area contributed by atoms with Crippen LogP contribution >= 0.6 is 0 Å². The van der Waals surface area contributed by atoms with Gasteiger partial charge < -0.3 is 25.2 Å². The van der Waals surface area contributed by atoms with E-state index in [-0.39, 0.29) is 0 Å². The lowest BCUT2D eigenvalue weighted by Gasteiger charge is -2.25. The molecule has 9 nitrogen and oxygen atoms in total. The largest absolute Gasteiger partial charge is 0.469 e. The molecular formula is C22H24N2O7. The Hall–Kier alpha value is -3.72. The fourth-order valence-electron chi connectivity index (χ4n) is 2.81. The molecule has 0 aliphatic rings. The minimum absolute atomic E-state index is 0.342. The molecule has 0 unspecified atom stereocenters. The number of benzene rings is 2. The maximum absolute atomic E-state index is 12.7. The van der Waals surface area contributed by atoms with E-state index in [1.165, 1.54) is 0 Å². The number of methoxy groups -OCH3 is 2. The Bertz CT molecular complexity index is 903. The molecule has 0 radical (unpaired) electrons. The third-order valence-electron chi connectivity index (χ3n) is 4.47. The van der Waals surface area contributed by atoms with E-state index in [4.69, 9.17) is 0 Å². The van der Waals surface area contributed by atoms with Gasteiger partial charge in [0.25, 0.3) is 11.8 Å². The van der Waals surface area contributed by atoms with Gasteiger partial charge in [0.2, 0.25) is 0 Å². The Labute approximate surface area is 179 Å². The number of carbonyl (C=O) groups excluding carboxylic acids is 4. The van der Waals surface area contributed by atoms with Crippen molar-refractivity contribution in [3.63, 3.8) is 0 Å². The number of aliphatic hydroxyl groups excluding tert-OH is 1. The Morgan fingerprint density at radius 1 is 0.871 bits per heavy atom. The first-order valence-electron chi connectivity index (χ1n) is 9.41. The van der Waals surface area contributed by atoms with Crippen LogP contribution in [0.5, 0.6) is 0 Å². The molecule has 0 bridgehead atoms. The molecule has 0 spiro atoms. The second kappa shape index (κ2) is 11.5. The molecule has 9 heteroatoms. The lowest BCUT2D eigenvalue weighted by Crippen LogP contribution is -2.51. The third kappa shape index (κ3) is 6.65. The number of ether oxygens (including phenoxy) is 2. The molecule has 2 rings (SSSR count). The van der Waals surface area contributed by atoms with Gasteiger partial charge in [0.15, 0.2) is 6.10 Å². The van der Waals surface area contributed by atoms with Crippen molar-refractivity contribution in [3.05, 3.63) is 71.8 Å². The van der Waals surface area contributed by atoms with Crippen LogP contribution in [0.1, 0.15) is 28.4 Å². The molecule has 164 valence electrons. The highest BCUT2D eigenvalue weighted by Crippen LogP contribution is 2.18. The number of hydrogen-bond acceptors (Lipinski definition) is 7. The summed E-state index contributed by atoms with van der Waals surface area (Å²) in [6.07, 6.45) is -2.24. The van der Waals surface area contributed by atoms with Gasteiger partial charge in [0.05, 0.1) is 26.7 Å². The van der Waals surface area contributed by atoms with Gasteiger partial charge in [-0.1, -0.05) is 48.5 Å². The molecule has 3 atom stereocenters. The smallest absolute Gasteiger partial charge is 0.328 e. The van der Waals surface area contributed by atoms with Crippen molar-refractivity contribution < 1.29 is 33.8 Å². The summed E-state index contributed by atoms with van der Waals surface area (Å²) in [5, 5.41) is 15.6. The van der Waals surface area contributed by atoms with E-state index in [1.807, 2.05) is 0 Å². The Morgan fingerprint density at radius 3 is 2.00 bits per heavy atom. The van der Waals surface area contributed by atoms with Gasteiger partial charge in [0, 0.05) is 5.56 Å². The van der Waals surface area contributed by atoms with E-state index in [0.29, 0.717) is 11.1 Å². The Morgan fingerprint density at radius 2 is 1.45 bits per heavy atom. The van der Waals surface area contributed by atoms with Crippen LogP contribution in [0.3, 0.4) is 0 Å². The van der Waals surface area contributed by atoms with Crippen molar-refractivity contribution in [1.29, 1.82) is 0 Å². The summed E-state index contributed by atoms with van der Waals surface area (Å²) < 4.78 is 9.11. The zero-order valence-corrected chi connectivity index (χ0v) is 17.1. The predicted molar refractivity (Wildman–Crippen MR) is 110 cm³/mol. The van der Waals surface area contributed by atoms with Gasteiger partial charge in [-0.3, -0.25) is 14.4 Å². The Balaban J connectivity index is 2.23. The number of hydrogen-bond donors (Lipinski definition) is 3. The number of nitrogens with one attached hydrogen (secondary N) is 2. The quantitative estimate of drug-likeness (QED) is 0.502. The Kier molecular flexibility index (Phi) is 8.71. The normalized spacial score (nSPS) is 13.3. The highest BCUT2D eigenvalue weighted by Gasteiger charge is 2.33. The van der Waals surface area contributed by atoms with Gasteiger partial charge in [-0.2, -0.15) is 0 Å². The number of amides is 2. The maximum atomic E-state index is 12.7. The molecule has 0 saturated heterocycles. The van der Waals surface area contributed by atoms with E-state index >= 15 is 0 Å². The molecule has 3 N–H and O–H groups in total. The van der Waals surface area contributed by atoms with Crippen LogP contribution in [0.15, 0.2) is 60.7 Å². The summed E-state index contributed by atoms with van der Waals surface area (Å²) in [5.41, 5.74) is 0.811. The van der Waals surface area contributed by atoms with E-state index in [9.17, 15) is 24.3 Å². The zero-order chi connectivity index (χ0) is 22.8. The first kappa shape index (κ1) is 23.6. The van der Waals surface area contributed by atoms with Crippen molar-refractivity contribution >= 4 is 23.8 Å². The van der Waals surface area contributed by atoms with Crippen LogP contribution in [0.25, 0.3) is 0 Å². The standard InChI is InChI=1S/C22H24N2O7/c1-30-17(25)13-16(22(29)31-2)23-21(28)19(26)18(14-9-5-3-6-10-14)24-20(27)15-11-7-4-8-12-15/h3-12,16,18-19,26H,13H2,1-2H3,(H,23,28)(H,24,27)/t16-,18+,19-/m1/s1. The fraction of sp³-hybridized carbons (Fsp3) is 0.273. The molecule has 2 amide bonds. The lowest BCUT2D eigenvalue weighted by atomic mass is 9.99. The number of rotatable bonds is 9. The van der Waals surface area contributed by atoms with E-state index in [1.54, 1.807) is 60.7 Å². The van der Waals surface area contributed by atoms with Gasteiger partial charge in [-0.25, -0.2) is 4.79 Å². The van der Waals surface area contributed by atoms with E-state index in [2.05, 4.69) is 20.1 Å². The first-order valence-corrected chi connectivity index (χ1v) is 9.41. The average molecular weight is 428 g/mol. The summed E-state index contributed by atoms with van der Waals surface area (Å²) in [4.78, 5) is 48.8. The van der Waals surface area contributed by atoms with Crippen molar-refractivity contribution in [1.82, 2.24) is 10.6 Å². The highest BCUT2D eigenvalue weighted by atomic mass is 16.5. The topological polar surface area (TPSA) is 131 Å². The minimum atomic E-state index is -1.76. The van der Waals surface area contributed by atoms with Crippen LogP contribution in [0, 0.1) is 0 Å². The second-order valence-electron chi connectivity index (χ2n) is 6.54. The van der Waals surface area contributed by atoms with Gasteiger partial charge in [-0.05, 0) is 17.7 Å². The molecule has 0 fully saturated rings. The van der Waals surface area contributed by atoms with Gasteiger partial charge in [-0.15, -0.1) is 0 Å². The monoisotopic (exact) mass is 428 g/mol. The first-order chi connectivity index (χ1) is 14.9. The van der Waals surface area contributed by atoms with Crippen LogP contribution in [0.2, 0.25) is 0 Å². The number of aliphatic hydroxyl groups is 1. The lowest BCUT2D eigenvalue weighted by molar-refractivity contribution is -0.151. The van der Waals surface area contributed by atoms with Crippen LogP contribution in [-0.4, -0.2) is 55.2 Å². The van der Waals surface area contributed by atoms with Gasteiger partial charge in [0.1, 0.15) is 6.04 Å². The molecule has 0 aliphatic heterocycles. The van der Waals surface area contributed by atoms with Crippen molar-refractivity contribution in [2.24, 2.45) is 0 Å². The van der Waals surface area contributed by atoms with Crippen molar-refractivity contribution in [2.75, 3.05) is 14.2 Å². The average Bonchev–Trinajstić information content (AvgIpc) is 2.81. The fourth-order valence-corrected chi connectivity index (χ4v) is 2.81. The molecule has 0 heterocycles. The predicted octanol–water partition coefficient (Wildman–Crippen LogP) is 0.740. The van der Waals surface area contributed by atoms with E-state index < -0.39 is 48.4 Å². The molecular weight excluding hydrogens is 404 g/mol.